The van der Waals surface area contributed by atoms with Crippen molar-refractivity contribution in [2.75, 3.05) is 24.5 Å². The third-order valence-corrected chi connectivity index (χ3v) is 5.85. The van der Waals surface area contributed by atoms with Crippen LogP contribution in [0, 0.1) is 11.7 Å². The molecule has 4 rings (SSSR count). The number of aldehydes is 1. The first-order chi connectivity index (χ1) is 12.5. The van der Waals surface area contributed by atoms with Gasteiger partial charge >= 0.3 is 6.03 Å². The largest absolute Gasteiger partial charge is 0.369 e. The lowest BCUT2D eigenvalue weighted by molar-refractivity contribution is -0.121. The molecule has 7 heteroatoms. The summed E-state index contributed by atoms with van der Waals surface area (Å²) in [7, 11) is 0. The Bertz CT molecular complexity index is 754. The number of nitrogens with one attached hydrogen (secondary N) is 1. The summed E-state index contributed by atoms with van der Waals surface area (Å²) in [6.07, 6.45) is 4.31. The van der Waals surface area contributed by atoms with Crippen LogP contribution in [0.3, 0.4) is 0 Å². The molecule has 1 saturated carbocycles. The van der Waals surface area contributed by atoms with E-state index < -0.39 is 5.54 Å². The minimum atomic E-state index is -0.491. The van der Waals surface area contributed by atoms with Crippen LogP contribution in [0.25, 0.3) is 0 Å². The summed E-state index contributed by atoms with van der Waals surface area (Å²) in [5.74, 6) is -0.488. The van der Waals surface area contributed by atoms with Crippen LogP contribution >= 0.6 is 0 Å². The van der Waals surface area contributed by atoms with Crippen molar-refractivity contribution in [2.45, 2.75) is 37.6 Å². The third-order valence-electron chi connectivity index (χ3n) is 5.85. The first-order valence-electron chi connectivity index (χ1n) is 9.15. The van der Waals surface area contributed by atoms with Crippen molar-refractivity contribution in [3.05, 3.63) is 29.6 Å². The molecule has 2 aliphatic heterocycles. The number of carbonyl (C=O) groups excluding carboxylic acids is 3. The van der Waals surface area contributed by atoms with Crippen molar-refractivity contribution in [1.29, 1.82) is 0 Å². The van der Waals surface area contributed by atoms with Gasteiger partial charge in [-0.2, -0.15) is 0 Å². The van der Waals surface area contributed by atoms with Crippen molar-refractivity contribution in [1.82, 2.24) is 10.2 Å². The minimum Gasteiger partial charge on any atom is -0.369 e. The maximum absolute atomic E-state index is 14.8. The van der Waals surface area contributed by atoms with Gasteiger partial charge in [0.15, 0.2) is 0 Å². The van der Waals surface area contributed by atoms with E-state index >= 15 is 0 Å². The Hall–Kier alpha value is -2.44. The molecule has 0 unspecified atom stereocenters. The van der Waals surface area contributed by atoms with Gasteiger partial charge in [0.05, 0.1) is 11.2 Å². The molecule has 26 heavy (non-hydrogen) atoms. The van der Waals surface area contributed by atoms with E-state index in [1.807, 2.05) is 11.0 Å². The van der Waals surface area contributed by atoms with Gasteiger partial charge in [-0.1, -0.05) is 6.07 Å². The van der Waals surface area contributed by atoms with Gasteiger partial charge < -0.3 is 14.6 Å². The van der Waals surface area contributed by atoms with Crippen molar-refractivity contribution in [3.63, 3.8) is 0 Å². The fraction of sp³-hybridized carbons (Fsp3) is 0.526. The molecular formula is C19H22FN3O3. The van der Waals surface area contributed by atoms with Crippen molar-refractivity contribution in [2.24, 2.45) is 5.92 Å². The number of urea groups is 1. The molecule has 3 aliphatic rings. The van der Waals surface area contributed by atoms with Crippen LogP contribution in [-0.4, -0.2) is 42.8 Å². The number of carbonyl (C=O) groups is 3. The maximum atomic E-state index is 14.8. The number of benzene rings is 1. The Kier molecular flexibility index (Phi) is 4.17. The van der Waals surface area contributed by atoms with E-state index in [2.05, 4.69) is 5.32 Å². The zero-order valence-electron chi connectivity index (χ0n) is 14.5. The van der Waals surface area contributed by atoms with E-state index in [1.165, 1.54) is 6.07 Å². The summed E-state index contributed by atoms with van der Waals surface area (Å²) in [6.45, 7) is 1.70. The number of hydrogen-bond acceptors (Lipinski definition) is 4. The second kappa shape index (κ2) is 6.37. The van der Waals surface area contributed by atoms with Gasteiger partial charge in [-0.3, -0.25) is 10.1 Å². The Morgan fingerprint density at radius 2 is 1.88 bits per heavy atom. The molecule has 0 aromatic heterocycles. The summed E-state index contributed by atoms with van der Waals surface area (Å²) in [6, 6.07) is 4.80. The Labute approximate surface area is 151 Å². The van der Waals surface area contributed by atoms with E-state index in [9.17, 15) is 18.8 Å². The first kappa shape index (κ1) is 17.0. The number of halogens is 1. The predicted molar refractivity (Wildman–Crippen MR) is 93.2 cm³/mol. The lowest BCUT2D eigenvalue weighted by Gasteiger charge is -2.36. The molecule has 3 fully saturated rings. The molecule has 1 N–H and O–H groups in total. The Morgan fingerprint density at radius 3 is 2.46 bits per heavy atom. The van der Waals surface area contributed by atoms with Crippen molar-refractivity contribution < 1.29 is 18.8 Å². The summed E-state index contributed by atoms with van der Waals surface area (Å²) in [5.41, 5.74) is 0.840. The second-order valence-electron chi connectivity index (χ2n) is 7.41. The van der Waals surface area contributed by atoms with Crippen LogP contribution in [0.1, 0.15) is 37.7 Å². The summed E-state index contributed by atoms with van der Waals surface area (Å²) < 4.78 is 14.8. The van der Waals surface area contributed by atoms with Gasteiger partial charge in [0, 0.05) is 32.0 Å². The topological polar surface area (TPSA) is 69.7 Å². The van der Waals surface area contributed by atoms with Gasteiger partial charge in [-0.05, 0) is 43.4 Å². The van der Waals surface area contributed by atoms with Crippen LogP contribution in [0.4, 0.5) is 14.9 Å². The highest BCUT2D eigenvalue weighted by Crippen LogP contribution is 2.52. The first-order valence-corrected chi connectivity index (χ1v) is 9.15. The molecule has 1 aliphatic carbocycles. The lowest BCUT2D eigenvalue weighted by Crippen LogP contribution is -2.53. The maximum Gasteiger partial charge on any atom is 0.324 e. The van der Waals surface area contributed by atoms with Crippen LogP contribution in [0.2, 0.25) is 0 Å². The van der Waals surface area contributed by atoms with Gasteiger partial charge in [0.1, 0.15) is 12.1 Å². The highest BCUT2D eigenvalue weighted by Gasteiger charge is 2.53. The molecule has 3 amide bonds. The van der Waals surface area contributed by atoms with E-state index in [-0.39, 0.29) is 30.1 Å². The number of hydrogen-bond donors (Lipinski definition) is 1. The highest BCUT2D eigenvalue weighted by atomic mass is 19.1. The summed E-state index contributed by atoms with van der Waals surface area (Å²) in [4.78, 5) is 38.1. The molecule has 138 valence electrons. The molecule has 0 spiro atoms. The summed E-state index contributed by atoms with van der Waals surface area (Å²) >= 11 is 0. The molecule has 1 aromatic carbocycles. The SMILES string of the molecule is O=CC1CCN(c2ccc(C3(N4CCC(=O)NC4=O)CC3)cc2F)CC1. The minimum absolute atomic E-state index is 0.0728. The lowest BCUT2D eigenvalue weighted by atomic mass is 9.97. The zero-order valence-corrected chi connectivity index (χ0v) is 14.5. The fourth-order valence-corrected chi connectivity index (χ4v) is 4.13. The Morgan fingerprint density at radius 1 is 1.15 bits per heavy atom. The number of anilines is 1. The zero-order chi connectivity index (χ0) is 18.3. The average molecular weight is 359 g/mol. The van der Waals surface area contributed by atoms with Gasteiger partial charge in [-0.25, -0.2) is 9.18 Å². The number of amides is 3. The average Bonchev–Trinajstić information content (AvgIpc) is 3.43. The fourth-order valence-electron chi connectivity index (χ4n) is 4.13. The smallest absolute Gasteiger partial charge is 0.324 e. The van der Waals surface area contributed by atoms with Crippen molar-refractivity contribution >= 4 is 23.9 Å². The summed E-state index contributed by atoms with van der Waals surface area (Å²) in [5, 5.41) is 2.35. The van der Waals surface area contributed by atoms with Gasteiger partial charge in [0.2, 0.25) is 5.91 Å². The van der Waals surface area contributed by atoms with Gasteiger partial charge in [0.25, 0.3) is 0 Å². The van der Waals surface area contributed by atoms with E-state index in [0.717, 1.165) is 37.5 Å². The quantitative estimate of drug-likeness (QED) is 0.837. The number of piperidine rings is 1. The molecular weight excluding hydrogens is 337 g/mol. The molecule has 0 bridgehead atoms. The number of nitrogens with zero attached hydrogens (tertiary/aromatic N) is 2. The number of imide groups is 1. The normalized spacial score (nSPS) is 23.0. The molecule has 6 nitrogen and oxygen atoms in total. The molecule has 0 atom stereocenters. The van der Waals surface area contributed by atoms with Crippen LogP contribution in [-0.2, 0) is 15.1 Å². The van der Waals surface area contributed by atoms with E-state index in [1.54, 1.807) is 11.0 Å². The molecule has 2 saturated heterocycles. The van der Waals surface area contributed by atoms with Crippen molar-refractivity contribution in [3.8, 4) is 0 Å². The van der Waals surface area contributed by atoms with E-state index in [4.69, 9.17) is 0 Å². The third kappa shape index (κ3) is 2.85. The predicted octanol–water partition coefficient (Wildman–Crippen LogP) is 2.17. The molecule has 1 aromatic rings. The number of rotatable bonds is 4. The monoisotopic (exact) mass is 359 g/mol. The van der Waals surface area contributed by atoms with Crippen LogP contribution in [0.5, 0.6) is 0 Å². The standard InChI is InChI=1S/C19H22FN3O3/c20-15-11-14(1-2-16(15)22-8-3-13(12-24)4-9-22)19(6-7-19)23-10-5-17(25)21-18(23)26/h1-2,11-13H,3-10H2,(H,21,25,26). The Balaban J connectivity index is 1.54. The second-order valence-corrected chi connectivity index (χ2v) is 7.41. The van der Waals surface area contributed by atoms with Crippen LogP contribution in [0.15, 0.2) is 18.2 Å². The van der Waals surface area contributed by atoms with E-state index in [0.29, 0.717) is 25.3 Å². The molecule has 2 heterocycles. The van der Waals surface area contributed by atoms with Gasteiger partial charge in [-0.15, -0.1) is 0 Å². The highest BCUT2D eigenvalue weighted by molar-refractivity contribution is 5.97. The molecule has 0 radical (unpaired) electrons. The van der Waals surface area contributed by atoms with Crippen LogP contribution < -0.4 is 10.2 Å².